The van der Waals surface area contributed by atoms with Gasteiger partial charge in [0, 0.05) is 32.0 Å². The molecule has 6 heteroatoms. The van der Waals surface area contributed by atoms with Gasteiger partial charge < -0.3 is 19.6 Å². The van der Waals surface area contributed by atoms with Gasteiger partial charge in [-0.15, -0.1) is 0 Å². The van der Waals surface area contributed by atoms with Gasteiger partial charge in [0.05, 0.1) is 12.6 Å². The van der Waals surface area contributed by atoms with E-state index in [2.05, 4.69) is 38.1 Å². The predicted molar refractivity (Wildman–Crippen MR) is 123 cm³/mol. The van der Waals surface area contributed by atoms with Gasteiger partial charge in [0.1, 0.15) is 6.61 Å². The largest absolute Gasteiger partial charge is 0.448 e. The Morgan fingerprint density at radius 3 is 2.25 bits per heavy atom. The minimum atomic E-state index is -0.383. The number of hydrogen-bond acceptors (Lipinski definition) is 4. The quantitative estimate of drug-likeness (QED) is 0.746. The van der Waals surface area contributed by atoms with Crippen LogP contribution >= 0.6 is 0 Å². The van der Waals surface area contributed by atoms with Crippen LogP contribution < -0.4 is 0 Å². The molecule has 4 rings (SSSR count). The molecule has 1 saturated heterocycles. The minimum Gasteiger partial charge on any atom is -0.448 e. The SMILES string of the molecule is CC(C)C[C@@H](CO)N1CCN(C(=O)OCC2c3ccccc3-c3ccccc32)CCC1=O. The molecule has 0 radical (unpaired) electrons. The van der Waals surface area contributed by atoms with Crippen LogP contribution in [0.4, 0.5) is 4.79 Å². The first-order chi connectivity index (χ1) is 15.5. The molecular formula is C26H32N2O4. The molecule has 0 unspecified atom stereocenters. The summed E-state index contributed by atoms with van der Waals surface area (Å²) in [6.45, 7) is 5.54. The van der Waals surface area contributed by atoms with E-state index in [0.717, 1.165) is 6.42 Å². The standard InChI is InChI=1S/C26H32N2O4/c1-18(2)15-19(16-29)28-14-13-27(12-11-25(28)30)26(31)32-17-24-22-9-5-3-7-20(22)21-8-4-6-10-23(21)24/h3-10,18-19,24,29H,11-17H2,1-2H3/t19-/m0/s1. The molecule has 0 spiro atoms. The average Bonchev–Trinajstić information content (AvgIpc) is 2.98. The number of fused-ring (bicyclic) bond motifs is 3. The maximum atomic E-state index is 12.9. The summed E-state index contributed by atoms with van der Waals surface area (Å²) in [6, 6.07) is 16.3. The van der Waals surface area contributed by atoms with Gasteiger partial charge in [-0.2, -0.15) is 0 Å². The molecule has 1 aliphatic heterocycles. The third-order valence-electron chi connectivity index (χ3n) is 6.52. The number of carbonyl (C=O) groups is 2. The molecule has 1 atom stereocenters. The van der Waals surface area contributed by atoms with Crippen LogP contribution in [0.3, 0.4) is 0 Å². The summed E-state index contributed by atoms with van der Waals surface area (Å²) in [7, 11) is 0. The van der Waals surface area contributed by atoms with Gasteiger partial charge in [-0.25, -0.2) is 4.79 Å². The van der Waals surface area contributed by atoms with Crippen molar-refractivity contribution < 1.29 is 19.4 Å². The number of hydrogen-bond donors (Lipinski definition) is 1. The van der Waals surface area contributed by atoms with Gasteiger partial charge in [0.2, 0.25) is 5.91 Å². The summed E-state index contributed by atoms with van der Waals surface area (Å²) < 4.78 is 5.76. The summed E-state index contributed by atoms with van der Waals surface area (Å²) >= 11 is 0. The topological polar surface area (TPSA) is 70.1 Å². The Hall–Kier alpha value is -2.86. The molecule has 0 aromatic heterocycles. The van der Waals surface area contributed by atoms with E-state index in [4.69, 9.17) is 4.74 Å². The molecule has 1 aliphatic carbocycles. The number of ether oxygens (including phenoxy) is 1. The van der Waals surface area contributed by atoms with Crippen LogP contribution in [0.2, 0.25) is 0 Å². The fourth-order valence-corrected chi connectivity index (χ4v) is 4.94. The normalized spacial score (nSPS) is 17.2. The lowest BCUT2D eigenvalue weighted by Gasteiger charge is -2.30. The zero-order valence-electron chi connectivity index (χ0n) is 18.9. The first-order valence-electron chi connectivity index (χ1n) is 11.5. The maximum absolute atomic E-state index is 12.9. The lowest BCUT2D eigenvalue weighted by atomic mass is 9.98. The zero-order valence-corrected chi connectivity index (χ0v) is 18.9. The minimum absolute atomic E-state index is 0.0151. The van der Waals surface area contributed by atoms with Crippen molar-refractivity contribution in [3.63, 3.8) is 0 Å². The molecule has 6 nitrogen and oxygen atoms in total. The highest BCUT2D eigenvalue weighted by Crippen LogP contribution is 2.44. The molecule has 2 aliphatic rings. The number of aliphatic hydroxyl groups excluding tert-OH is 1. The lowest BCUT2D eigenvalue weighted by Crippen LogP contribution is -2.44. The van der Waals surface area contributed by atoms with Crippen LogP contribution in [0, 0.1) is 5.92 Å². The van der Waals surface area contributed by atoms with E-state index in [1.807, 2.05) is 24.3 Å². The first-order valence-corrected chi connectivity index (χ1v) is 11.5. The van der Waals surface area contributed by atoms with Gasteiger partial charge in [0.15, 0.2) is 0 Å². The van der Waals surface area contributed by atoms with Crippen LogP contribution in [0.25, 0.3) is 11.1 Å². The van der Waals surface area contributed by atoms with Crippen molar-refractivity contribution in [2.24, 2.45) is 5.92 Å². The van der Waals surface area contributed by atoms with Crippen LogP contribution in [0.15, 0.2) is 48.5 Å². The molecule has 2 aromatic carbocycles. The molecule has 2 amide bonds. The molecule has 1 fully saturated rings. The van der Waals surface area contributed by atoms with Crippen molar-refractivity contribution in [2.75, 3.05) is 32.8 Å². The van der Waals surface area contributed by atoms with Gasteiger partial charge in [-0.3, -0.25) is 4.79 Å². The molecule has 0 bridgehead atoms. The van der Waals surface area contributed by atoms with Crippen molar-refractivity contribution in [3.8, 4) is 11.1 Å². The second-order valence-corrected chi connectivity index (χ2v) is 9.09. The number of nitrogens with zero attached hydrogens (tertiary/aromatic N) is 2. The number of amides is 2. The van der Waals surface area contributed by atoms with Crippen LogP contribution in [0.1, 0.15) is 43.7 Å². The van der Waals surface area contributed by atoms with Crippen molar-refractivity contribution >= 4 is 12.0 Å². The third-order valence-corrected chi connectivity index (χ3v) is 6.52. The Kier molecular flexibility index (Phi) is 6.80. The molecule has 2 aromatic rings. The van der Waals surface area contributed by atoms with Gasteiger partial charge in [-0.1, -0.05) is 62.4 Å². The van der Waals surface area contributed by atoms with Crippen molar-refractivity contribution in [1.82, 2.24) is 9.80 Å². The van der Waals surface area contributed by atoms with Crippen LogP contribution in [0.5, 0.6) is 0 Å². The van der Waals surface area contributed by atoms with E-state index < -0.39 is 0 Å². The highest BCUT2D eigenvalue weighted by atomic mass is 16.6. The summed E-state index contributed by atoms with van der Waals surface area (Å²) in [6.07, 6.45) is 0.609. The van der Waals surface area contributed by atoms with Crippen molar-refractivity contribution in [2.45, 2.75) is 38.6 Å². The molecule has 32 heavy (non-hydrogen) atoms. The lowest BCUT2D eigenvalue weighted by molar-refractivity contribution is -0.133. The monoisotopic (exact) mass is 436 g/mol. The summed E-state index contributed by atoms with van der Waals surface area (Å²) in [5, 5.41) is 9.78. The molecule has 0 saturated carbocycles. The predicted octanol–water partition coefficient (Wildman–Crippen LogP) is 3.88. The van der Waals surface area contributed by atoms with E-state index in [-0.39, 0.29) is 43.6 Å². The Bertz CT molecular complexity index is 928. The van der Waals surface area contributed by atoms with Gasteiger partial charge >= 0.3 is 6.09 Å². The molecule has 1 N–H and O–H groups in total. The Morgan fingerprint density at radius 2 is 1.66 bits per heavy atom. The average molecular weight is 437 g/mol. The smallest absolute Gasteiger partial charge is 0.409 e. The second-order valence-electron chi connectivity index (χ2n) is 9.09. The Balaban J connectivity index is 1.40. The number of benzene rings is 2. The van der Waals surface area contributed by atoms with E-state index in [0.29, 0.717) is 25.6 Å². The number of rotatable bonds is 6. The van der Waals surface area contributed by atoms with Crippen LogP contribution in [-0.2, 0) is 9.53 Å². The van der Waals surface area contributed by atoms with Gasteiger partial charge in [0.25, 0.3) is 0 Å². The van der Waals surface area contributed by atoms with Crippen molar-refractivity contribution in [3.05, 3.63) is 59.7 Å². The van der Waals surface area contributed by atoms with Crippen LogP contribution in [-0.4, -0.2) is 65.8 Å². The summed E-state index contributed by atoms with van der Waals surface area (Å²) in [5.41, 5.74) is 4.75. The Morgan fingerprint density at radius 1 is 1.03 bits per heavy atom. The van der Waals surface area contributed by atoms with E-state index in [9.17, 15) is 14.7 Å². The van der Waals surface area contributed by atoms with E-state index in [1.54, 1.807) is 9.80 Å². The van der Waals surface area contributed by atoms with Gasteiger partial charge in [-0.05, 0) is 34.6 Å². The molecule has 1 heterocycles. The van der Waals surface area contributed by atoms with Crippen molar-refractivity contribution in [1.29, 1.82) is 0 Å². The second kappa shape index (κ2) is 9.74. The summed E-state index contributed by atoms with van der Waals surface area (Å²) in [5.74, 6) is 0.376. The fraction of sp³-hybridized carbons (Fsp3) is 0.462. The molecule has 170 valence electrons. The van der Waals surface area contributed by atoms with E-state index >= 15 is 0 Å². The maximum Gasteiger partial charge on any atom is 0.409 e. The summed E-state index contributed by atoms with van der Waals surface area (Å²) in [4.78, 5) is 28.9. The number of aliphatic hydroxyl groups is 1. The third kappa shape index (κ3) is 4.51. The zero-order chi connectivity index (χ0) is 22.7. The number of carbonyl (C=O) groups excluding carboxylic acids is 2. The highest BCUT2D eigenvalue weighted by Gasteiger charge is 2.32. The first kappa shape index (κ1) is 22.3. The fourth-order valence-electron chi connectivity index (χ4n) is 4.94. The highest BCUT2D eigenvalue weighted by molar-refractivity contribution is 5.80. The molecular weight excluding hydrogens is 404 g/mol. The Labute approximate surface area is 189 Å². The van der Waals surface area contributed by atoms with E-state index in [1.165, 1.54) is 22.3 Å².